The standard InChI is InChI=1S/C19H23N5O/c1-3-10-23(12-15-13-24-11-4-2-9-17(24)20-15)16(8-1)19-22-21-18(25-19)14-6-5-7-14/h2,4,9,11,13-14,16H,1,3,5-8,10,12H2/t16-/m1/s1. The van der Waals surface area contributed by atoms with Crippen molar-refractivity contribution in [3.8, 4) is 0 Å². The molecule has 0 unspecified atom stereocenters. The molecule has 1 aliphatic carbocycles. The van der Waals surface area contributed by atoms with Crippen molar-refractivity contribution in [2.45, 2.75) is 57.0 Å². The molecule has 130 valence electrons. The van der Waals surface area contributed by atoms with Gasteiger partial charge in [0.1, 0.15) is 5.65 Å². The summed E-state index contributed by atoms with van der Waals surface area (Å²) in [4.78, 5) is 7.19. The third kappa shape index (κ3) is 2.84. The molecule has 1 atom stereocenters. The van der Waals surface area contributed by atoms with Crippen molar-refractivity contribution in [2.24, 2.45) is 0 Å². The Balaban J connectivity index is 1.37. The van der Waals surface area contributed by atoms with Crippen LogP contribution in [0.4, 0.5) is 0 Å². The first-order chi connectivity index (χ1) is 12.4. The fraction of sp³-hybridized carbons (Fsp3) is 0.526. The molecular weight excluding hydrogens is 314 g/mol. The lowest BCUT2D eigenvalue weighted by molar-refractivity contribution is 0.114. The third-order valence-corrected chi connectivity index (χ3v) is 5.59. The van der Waals surface area contributed by atoms with Crippen molar-refractivity contribution in [2.75, 3.05) is 6.54 Å². The summed E-state index contributed by atoms with van der Waals surface area (Å²) in [5.74, 6) is 2.14. The van der Waals surface area contributed by atoms with Gasteiger partial charge in [0.05, 0.1) is 11.7 Å². The highest BCUT2D eigenvalue weighted by Gasteiger charge is 2.31. The molecular formula is C19H23N5O. The molecule has 1 aliphatic heterocycles. The third-order valence-electron chi connectivity index (χ3n) is 5.59. The lowest BCUT2D eigenvalue weighted by atomic mass is 9.85. The molecule has 1 saturated heterocycles. The van der Waals surface area contributed by atoms with Gasteiger partial charge in [-0.05, 0) is 44.4 Å². The maximum atomic E-state index is 6.06. The van der Waals surface area contributed by atoms with Crippen molar-refractivity contribution in [1.82, 2.24) is 24.5 Å². The summed E-state index contributed by atoms with van der Waals surface area (Å²) in [7, 11) is 0. The second-order valence-corrected chi connectivity index (χ2v) is 7.29. The molecule has 3 aromatic heterocycles. The SMILES string of the molecule is c1ccn2cc(CN3CCCC[C@@H]3c3nnc(C4CCC4)o3)nc2c1. The van der Waals surface area contributed by atoms with Crippen LogP contribution in [0, 0.1) is 0 Å². The minimum absolute atomic E-state index is 0.222. The number of likely N-dealkylation sites (tertiary alicyclic amines) is 1. The molecule has 3 aromatic rings. The highest BCUT2D eigenvalue weighted by Crippen LogP contribution is 2.37. The molecule has 2 fully saturated rings. The summed E-state index contributed by atoms with van der Waals surface area (Å²) in [5, 5.41) is 8.72. The van der Waals surface area contributed by atoms with Gasteiger partial charge in [-0.25, -0.2) is 4.98 Å². The first-order valence-corrected chi connectivity index (χ1v) is 9.37. The van der Waals surface area contributed by atoms with E-state index < -0.39 is 0 Å². The van der Waals surface area contributed by atoms with Crippen LogP contribution >= 0.6 is 0 Å². The van der Waals surface area contributed by atoms with Crippen LogP contribution in [0.1, 0.15) is 68.0 Å². The van der Waals surface area contributed by atoms with E-state index in [1.807, 2.05) is 24.4 Å². The molecule has 25 heavy (non-hydrogen) atoms. The quantitative estimate of drug-likeness (QED) is 0.726. The zero-order valence-electron chi connectivity index (χ0n) is 14.3. The molecule has 0 amide bonds. The highest BCUT2D eigenvalue weighted by molar-refractivity contribution is 5.39. The van der Waals surface area contributed by atoms with Gasteiger partial charge in [0.25, 0.3) is 0 Å². The summed E-state index contributed by atoms with van der Waals surface area (Å²) >= 11 is 0. The maximum Gasteiger partial charge on any atom is 0.233 e. The van der Waals surface area contributed by atoms with E-state index in [-0.39, 0.29) is 6.04 Å². The van der Waals surface area contributed by atoms with E-state index in [1.165, 1.54) is 32.1 Å². The van der Waals surface area contributed by atoms with Gasteiger partial charge in [0.2, 0.25) is 11.8 Å². The average Bonchev–Trinajstić information content (AvgIpc) is 3.20. The number of pyridine rings is 1. The second kappa shape index (κ2) is 6.26. The van der Waals surface area contributed by atoms with Crippen molar-refractivity contribution in [3.63, 3.8) is 0 Å². The van der Waals surface area contributed by atoms with E-state index in [1.54, 1.807) is 0 Å². The van der Waals surface area contributed by atoms with Gasteiger partial charge in [-0.15, -0.1) is 10.2 Å². The van der Waals surface area contributed by atoms with Crippen LogP contribution in [0.2, 0.25) is 0 Å². The predicted octanol–water partition coefficient (Wildman–Crippen LogP) is 3.71. The Kier molecular flexibility index (Phi) is 3.77. The summed E-state index contributed by atoms with van der Waals surface area (Å²) in [5.41, 5.74) is 2.09. The number of rotatable bonds is 4. The largest absolute Gasteiger partial charge is 0.423 e. The highest BCUT2D eigenvalue weighted by atomic mass is 16.4. The molecule has 2 aliphatic rings. The molecule has 0 N–H and O–H groups in total. The molecule has 1 saturated carbocycles. The van der Waals surface area contributed by atoms with E-state index in [2.05, 4.69) is 25.7 Å². The zero-order chi connectivity index (χ0) is 16.6. The van der Waals surface area contributed by atoms with Crippen LogP contribution in [0.25, 0.3) is 5.65 Å². The second-order valence-electron chi connectivity index (χ2n) is 7.29. The normalized spacial score (nSPS) is 22.3. The molecule has 0 aromatic carbocycles. The summed E-state index contributed by atoms with van der Waals surface area (Å²) in [6.07, 6.45) is 11.3. The molecule has 0 radical (unpaired) electrons. The lowest BCUT2D eigenvalue weighted by Gasteiger charge is -2.32. The van der Waals surface area contributed by atoms with Gasteiger partial charge >= 0.3 is 0 Å². The first-order valence-electron chi connectivity index (χ1n) is 9.37. The van der Waals surface area contributed by atoms with Crippen LogP contribution in [0.5, 0.6) is 0 Å². The molecule has 5 rings (SSSR count). The lowest BCUT2D eigenvalue weighted by Crippen LogP contribution is -2.33. The van der Waals surface area contributed by atoms with Gasteiger partial charge in [-0.1, -0.05) is 18.9 Å². The summed E-state index contributed by atoms with van der Waals surface area (Å²) in [6.45, 7) is 1.88. The number of fused-ring (bicyclic) bond motifs is 1. The Morgan fingerprint density at radius 1 is 1.04 bits per heavy atom. The van der Waals surface area contributed by atoms with Crippen molar-refractivity contribution < 1.29 is 4.42 Å². The molecule has 0 spiro atoms. The number of nitrogens with zero attached hydrogens (tertiary/aromatic N) is 5. The van der Waals surface area contributed by atoms with Gasteiger partial charge in [-0.3, -0.25) is 4.90 Å². The smallest absolute Gasteiger partial charge is 0.233 e. The number of aromatic nitrogens is 4. The Morgan fingerprint density at radius 3 is 2.80 bits per heavy atom. The maximum absolute atomic E-state index is 6.06. The van der Waals surface area contributed by atoms with E-state index in [0.29, 0.717) is 5.92 Å². The number of hydrogen-bond acceptors (Lipinski definition) is 5. The van der Waals surface area contributed by atoms with Crippen molar-refractivity contribution >= 4 is 5.65 Å². The Labute approximate surface area is 146 Å². The van der Waals surface area contributed by atoms with Crippen LogP contribution in [-0.2, 0) is 6.54 Å². The van der Waals surface area contributed by atoms with E-state index >= 15 is 0 Å². The van der Waals surface area contributed by atoms with Crippen LogP contribution in [0.3, 0.4) is 0 Å². The number of hydrogen-bond donors (Lipinski definition) is 0. The first kappa shape index (κ1) is 15.1. The Morgan fingerprint density at radius 2 is 1.96 bits per heavy atom. The zero-order valence-corrected chi connectivity index (χ0v) is 14.3. The molecule has 4 heterocycles. The van der Waals surface area contributed by atoms with Gasteiger partial charge < -0.3 is 8.82 Å². The number of piperidine rings is 1. The van der Waals surface area contributed by atoms with Gasteiger partial charge in [-0.2, -0.15) is 0 Å². The van der Waals surface area contributed by atoms with E-state index in [4.69, 9.17) is 9.40 Å². The average molecular weight is 337 g/mol. The topological polar surface area (TPSA) is 59.5 Å². The van der Waals surface area contributed by atoms with E-state index in [0.717, 1.165) is 42.6 Å². The van der Waals surface area contributed by atoms with Gasteiger partial charge in [0.15, 0.2) is 0 Å². The minimum atomic E-state index is 0.222. The molecule has 6 heteroatoms. The summed E-state index contributed by atoms with van der Waals surface area (Å²) in [6, 6.07) is 6.32. The van der Waals surface area contributed by atoms with Gasteiger partial charge in [0, 0.05) is 24.9 Å². The Hall–Kier alpha value is -2.21. The van der Waals surface area contributed by atoms with E-state index in [9.17, 15) is 0 Å². The van der Waals surface area contributed by atoms with Crippen LogP contribution in [0.15, 0.2) is 35.0 Å². The fourth-order valence-electron chi connectivity index (χ4n) is 3.93. The number of imidazole rings is 1. The monoisotopic (exact) mass is 337 g/mol. The van der Waals surface area contributed by atoms with Crippen LogP contribution in [-0.4, -0.2) is 31.0 Å². The summed E-state index contributed by atoms with van der Waals surface area (Å²) < 4.78 is 8.14. The minimum Gasteiger partial charge on any atom is -0.423 e. The molecule has 6 nitrogen and oxygen atoms in total. The van der Waals surface area contributed by atoms with Crippen LogP contribution < -0.4 is 0 Å². The molecule has 0 bridgehead atoms. The Bertz CT molecular complexity index is 832. The fourth-order valence-corrected chi connectivity index (χ4v) is 3.93. The predicted molar refractivity (Wildman–Crippen MR) is 93.1 cm³/mol. The van der Waals surface area contributed by atoms with Crippen molar-refractivity contribution in [3.05, 3.63) is 48.1 Å². The van der Waals surface area contributed by atoms with Crippen molar-refractivity contribution in [1.29, 1.82) is 0 Å².